The zero-order valence-electron chi connectivity index (χ0n) is 63.3. The SMILES string of the molecule is CC/C=C\C/C=C\C/C=C\C/C=C\C/C=C\C/C=C\C/C=C\CCCCCCCCCCCCCCCCCCCCCC(=O)NC(COC1OC(CO)C(O)C(O)C1O)C(O)/C=C/CC/C=C/CCCCCCCCCCCCCCCCCCCCCCCCCCCCC. The van der Waals surface area contributed by atoms with Crippen LogP contribution in [0.2, 0.25) is 0 Å². The molecule has 9 nitrogen and oxygen atoms in total. The van der Waals surface area contributed by atoms with Crippen molar-refractivity contribution in [1.82, 2.24) is 5.32 Å². The zero-order valence-corrected chi connectivity index (χ0v) is 63.3. The molecule has 0 aromatic carbocycles. The fraction of sp³-hybridized carbons (Fsp3) is 0.784. The summed E-state index contributed by atoms with van der Waals surface area (Å²) in [6.07, 6.45) is 105. The number of ether oxygens (including phenoxy) is 2. The van der Waals surface area contributed by atoms with Crippen molar-refractivity contribution < 1.29 is 39.8 Å². The van der Waals surface area contributed by atoms with Crippen LogP contribution in [0.25, 0.3) is 0 Å². The van der Waals surface area contributed by atoms with Crippen LogP contribution in [0.3, 0.4) is 0 Å². The highest BCUT2D eigenvalue weighted by Crippen LogP contribution is 2.24. The number of hydrogen-bond acceptors (Lipinski definition) is 8. The largest absolute Gasteiger partial charge is 0.394 e. The second-order valence-corrected chi connectivity index (χ2v) is 28.5. The van der Waals surface area contributed by atoms with Crippen molar-refractivity contribution in [3.05, 3.63) is 109 Å². The topological polar surface area (TPSA) is 149 Å². The van der Waals surface area contributed by atoms with Crippen LogP contribution in [-0.4, -0.2) is 87.5 Å². The predicted molar refractivity (Wildman–Crippen MR) is 419 cm³/mol. The molecule has 1 rings (SSSR count). The number of nitrogens with one attached hydrogen (secondary N) is 1. The van der Waals surface area contributed by atoms with Crippen LogP contribution in [0.1, 0.15) is 386 Å². The van der Waals surface area contributed by atoms with Gasteiger partial charge in [-0.15, -0.1) is 0 Å². The summed E-state index contributed by atoms with van der Waals surface area (Å²) in [5.74, 6) is -0.183. The predicted octanol–water partition coefficient (Wildman–Crippen LogP) is 24.3. The Labute approximate surface area is 599 Å². The van der Waals surface area contributed by atoms with Gasteiger partial charge in [0.1, 0.15) is 24.4 Å². The highest BCUT2D eigenvalue weighted by Gasteiger charge is 2.44. The van der Waals surface area contributed by atoms with E-state index in [1.54, 1.807) is 6.08 Å². The van der Waals surface area contributed by atoms with Gasteiger partial charge in [-0.25, -0.2) is 0 Å². The van der Waals surface area contributed by atoms with E-state index in [0.717, 1.165) is 83.5 Å². The average Bonchev–Trinajstić information content (AvgIpc) is 0.854. The van der Waals surface area contributed by atoms with E-state index in [-0.39, 0.29) is 12.5 Å². The Kier molecular flexibility index (Phi) is 71.5. The maximum atomic E-state index is 13.2. The van der Waals surface area contributed by atoms with Gasteiger partial charge in [0.05, 0.1) is 25.4 Å². The molecule has 1 fully saturated rings. The van der Waals surface area contributed by atoms with E-state index in [4.69, 9.17) is 9.47 Å². The van der Waals surface area contributed by atoms with Crippen molar-refractivity contribution in [2.45, 2.75) is 429 Å². The highest BCUT2D eigenvalue weighted by molar-refractivity contribution is 5.76. The number of aliphatic hydroxyl groups is 5. The number of rotatable bonds is 73. The Bertz CT molecular complexity index is 1920. The van der Waals surface area contributed by atoms with Crippen molar-refractivity contribution >= 4 is 5.91 Å². The smallest absolute Gasteiger partial charge is 0.220 e. The molecule has 1 heterocycles. The van der Waals surface area contributed by atoms with Crippen LogP contribution in [0.5, 0.6) is 0 Å². The van der Waals surface area contributed by atoms with Gasteiger partial charge in [0, 0.05) is 6.42 Å². The molecular formula is C88H157NO8. The van der Waals surface area contributed by atoms with E-state index in [1.807, 2.05) is 6.08 Å². The van der Waals surface area contributed by atoms with Gasteiger partial charge in [-0.2, -0.15) is 0 Å². The molecule has 7 atom stereocenters. The minimum atomic E-state index is -1.58. The lowest BCUT2D eigenvalue weighted by atomic mass is 9.99. The molecule has 562 valence electrons. The van der Waals surface area contributed by atoms with E-state index in [0.29, 0.717) is 6.42 Å². The molecule has 0 saturated carbocycles. The van der Waals surface area contributed by atoms with Crippen LogP contribution in [0, 0.1) is 0 Å². The van der Waals surface area contributed by atoms with Crippen LogP contribution in [-0.2, 0) is 14.3 Å². The molecule has 0 radical (unpaired) electrons. The number of aliphatic hydroxyl groups excluding tert-OH is 5. The first kappa shape index (κ1) is 91.9. The molecule has 7 unspecified atom stereocenters. The minimum absolute atomic E-state index is 0.183. The average molecular weight is 1360 g/mol. The summed E-state index contributed by atoms with van der Waals surface area (Å²) in [6.45, 7) is 3.70. The molecule has 1 amide bonds. The molecule has 9 heteroatoms. The van der Waals surface area contributed by atoms with E-state index >= 15 is 0 Å². The van der Waals surface area contributed by atoms with Crippen LogP contribution in [0.4, 0.5) is 0 Å². The molecule has 1 aliphatic heterocycles. The molecule has 97 heavy (non-hydrogen) atoms. The van der Waals surface area contributed by atoms with Crippen molar-refractivity contribution in [3.8, 4) is 0 Å². The van der Waals surface area contributed by atoms with Gasteiger partial charge in [0.15, 0.2) is 6.29 Å². The monoisotopic (exact) mass is 1360 g/mol. The van der Waals surface area contributed by atoms with E-state index in [9.17, 15) is 30.3 Å². The molecule has 0 aromatic heterocycles. The van der Waals surface area contributed by atoms with Crippen molar-refractivity contribution in [2.75, 3.05) is 13.2 Å². The Morgan fingerprint density at radius 3 is 0.990 bits per heavy atom. The summed E-state index contributed by atoms with van der Waals surface area (Å²) < 4.78 is 11.3. The Morgan fingerprint density at radius 2 is 0.649 bits per heavy atom. The maximum absolute atomic E-state index is 13.2. The number of amides is 1. The quantitative estimate of drug-likeness (QED) is 0.0261. The standard InChI is InChI=1S/C88H157NO8/c1-3-5-7-9-11-13-15-17-19-21-23-25-27-29-31-33-35-37-38-39-40-41-42-43-44-46-48-50-52-54-56-58-60-62-64-66-68-70-72-74-76-78-84(92)89-81(80-96-88-87(95)86(94)85(93)83(79-90)97-88)82(91)77-75-73-71-69-67-65-63-61-59-57-55-53-51-49-47-45-36-34-32-30-28-26-24-22-20-18-16-14-12-10-8-6-4-2/h5,7,11,13,17,19,23,25,29,31,35,37,39-40,67,69,75,77,81-83,85-88,90-91,93-95H,3-4,6,8-10,12,14-16,18,20-22,24,26-28,30,32-34,36,38,41-66,68,70-74,76,78-80H2,1-2H3,(H,89,92)/b7-5-,13-11-,19-17-,25-23-,31-29-,37-35-,40-39-,69-67+,77-75+. The second-order valence-electron chi connectivity index (χ2n) is 28.5. The van der Waals surface area contributed by atoms with Crippen molar-refractivity contribution in [2.24, 2.45) is 0 Å². The first-order valence-electron chi connectivity index (χ1n) is 41.6. The van der Waals surface area contributed by atoms with Crippen molar-refractivity contribution in [3.63, 3.8) is 0 Å². The summed E-state index contributed by atoms with van der Waals surface area (Å²) in [7, 11) is 0. The van der Waals surface area contributed by atoms with Gasteiger partial charge in [-0.1, -0.05) is 399 Å². The fourth-order valence-electron chi connectivity index (χ4n) is 12.9. The molecule has 1 aliphatic rings. The Hall–Kier alpha value is -3.15. The molecule has 1 saturated heterocycles. The third kappa shape index (κ3) is 63.5. The summed E-state index contributed by atoms with van der Waals surface area (Å²) in [5.41, 5.74) is 0. The van der Waals surface area contributed by atoms with Gasteiger partial charge in [-0.3, -0.25) is 4.79 Å². The van der Waals surface area contributed by atoms with Crippen molar-refractivity contribution in [1.29, 1.82) is 0 Å². The fourth-order valence-corrected chi connectivity index (χ4v) is 12.9. The van der Waals surface area contributed by atoms with E-state index in [2.05, 4.69) is 116 Å². The van der Waals surface area contributed by atoms with Crippen LogP contribution >= 0.6 is 0 Å². The number of unbranched alkanes of at least 4 members (excludes halogenated alkanes) is 47. The van der Waals surface area contributed by atoms with Gasteiger partial charge < -0.3 is 40.3 Å². The lowest BCUT2D eigenvalue weighted by Crippen LogP contribution is -2.60. The summed E-state index contributed by atoms with van der Waals surface area (Å²) in [4.78, 5) is 13.2. The maximum Gasteiger partial charge on any atom is 0.220 e. The first-order valence-corrected chi connectivity index (χ1v) is 41.6. The second kappa shape index (κ2) is 75.5. The third-order valence-electron chi connectivity index (χ3n) is 19.3. The number of hydrogen-bond donors (Lipinski definition) is 6. The zero-order chi connectivity index (χ0) is 69.9. The molecule has 0 aliphatic carbocycles. The minimum Gasteiger partial charge on any atom is -0.394 e. The Morgan fingerprint density at radius 1 is 0.361 bits per heavy atom. The number of carbonyl (C=O) groups is 1. The van der Waals surface area contributed by atoms with Gasteiger partial charge in [0.25, 0.3) is 0 Å². The first-order chi connectivity index (χ1) is 47.8. The highest BCUT2D eigenvalue weighted by atomic mass is 16.7. The molecule has 0 bridgehead atoms. The van der Waals surface area contributed by atoms with E-state index < -0.39 is 49.5 Å². The van der Waals surface area contributed by atoms with Crippen LogP contribution in [0.15, 0.2) is 109 Å². The van der Waals surface area contributed by atoms with Gasteiger partial charge in [0.2, 0.25) is 5.91 Å². The van der Waals surface area contributed by atoms with Crippen LogP contribution < -0.4 is 5.32 Å². The summed E-state index contributed by atoms with van der Waals surface area (Å²) >= 11 is 0. The van der Waals surface area contributed by atoms with Gasteiger partial charge in [-0.05, 0) is 89.9 Å². The van der Waals surface area contributed by atoms with Gasteiger partial charge >= 0.3 is 0 Å². The lowest BCUT2D eigenvalue weighted by Gasteiger charge is -2.40. The summed E-state index contributed by atoms with van der Waals surface area (Å²) in [6, 6.07) is -0.828. The molecule has 0 spiro atoms. The van der Waals surface area contributed by atoms with E-state index in [1.165, 1.54) is 283 Å². The lowest BCUT2D eigenvalue weighted by molar-refractivity contribution is -0.302. The number of allylic oxidation sites excluding steroid dienone is 17. The molecule has 0 aromatic rings. The molecular weight excluding hydrogens is 1200 g/mol. The third-order valence-corrected chi connectivity index (χ3v) is 19.3. The normalized spacial score (nSPS) is 17.9. The Balaban J connectivity index is 2.07. The summed E-state index contributed by atoms with van der Waals surface area (Å²) in [5, 5.41) is 54.9. The molecule has 6 N–H and O–H groups in total. The number of carbonyl (C=O) groups excluding carboxylic acids is 1.